The molecule has 1 aromatic carbocycles. The molecule has 3 rings (SSSR count). The molecule has 1 aromatic rings. The quantitative estimate of drug-likeness (QED) is 0.835. The number of nitrogens with two attached hydrogens (primary N) is 1. The molecule has 0 aromatic heterocycles. The number of nitrogens with one attached hydrogen (secondary N) is 1. The van der Waals surface area contributed by atoms with Crippen LogP contribution in [-0.4, -0.2) is 44.8 Å². The molecule has 1 aliphatic carbocycles. The van der Waals surface area contributed by atoms with Crippen LogP contribution in [0.4, 0.5) is 0 Å². The summed E-state index contributed by atoms with van der Waals surface area (Å²) < 4.78 is 27.0. The molecule has 1 saturated carbocycles. The third kappa shape index (κ3) is 3.24. The molecular formula is C15H22ClN3O3S. The number of benzene rings is 1. The van der Waals surface area contributed by atoms with Crippen LogP contribution in [0, 0.1) is 11.8 Å². The summed E-state index contributed by atoms with van der Waals surface area (Å²) in [6.45, 7) is 1.06. The normalized spacial score (nSPS) is 27.3. The monoisotopic (exact) mass is 359 g/mol. The highest BCUT2D eigenvalue weighted by molar-refractivity contribution is 7.89. The second kappa shape index (κ2) is 6.76. The van der Waals surface area contributed by atoms with Gasteiger partial charge in [-0.25, -0.2) is 8.42 Å². The largest absolute Gasteiger partial charge is 0.355 e. The smallest absolute Gasteiger partial charge is 0.251 e. The summed E-state index contributed by atoms with van der Waals surface area (Å²) in [5, 5.41) is 2.51. The van der Waals surface area contributed by atoms with Gasteiger partial charge in [-0.15, -0.1) is 12.4 Å². The molecule has 6 nitrogen and oxygen atoms in total. The molecule has 1 aliphatic heterocycles. The molecule has 3 unspecified atom stereocenters. The number of hydrogen-bond donors (Lipinski definition) is 2. The lowest BCUT2D eigenvalue weighted by Gasteiger charge is -2.18. The van der Waals surface area contributed by atoms with Gasteiger partial charge in [0.1, 0.15) is 0 Å². The van der Waals surface area contributed by atoms with Crippen LogP contribution in [0.2, 0.25) is 0 Å². The summed E-state index contributed by atoms with van der Waals surface area (Å²) in [5.74, 6) is 0.431. The van der Waals surface area contributed by atoms with Crippen LogP contribution >= 0.6 is 12.4 Å². The number of rotatable bonds is 3. The Morgan fingerprint density at radius 2 is 1.87 bits per heavy atom. The van der Waals surface area contributed by atoms with Crippen LogP contribution in [0.5, 0.6) is 0 Å². The zero-order valence-corrected chi connectivity index (χ0v) is 14.6. The Morgan fingerprint density at radius 1 is 1.22 bits per heavy atom. The first-order valence-corrected chi connectivity index (χ1v) is 8.95. The molecule has 1 saturated heterocycles. The fourth-order valence-electron chi connectivity index (χ4n) is 3.53. The molecule has 23 heavy (non-hydrogen) atoms. The van der Waals surface area contributed by atoms with Gasteiger partial charge in [0.15, 0.2) is 0 Å². The fraction of sp³-hybridized carbons (Fsp3) is 0.533. The number of fused-ring (bicyclic) bond motifs is 1. The van der Waals surface area contributed by atoms with E-state index in [0.717, 1.165) is 12.8 Å². The fourth-order valence-corrected chi connectivity index (χ4v) is 5.07. The first-order chi connectivity index (χ1) is 10.4. The highest BCUT2D eigenvalue weighted by Gasteiger charge is 2.44. The number of carbonyl (C=O) groups is 1. The first kappa shape index (κ1) is 18.2. The van der Waals surface area contributed by atoms with Crippen molar-refractivity contribution in [3.8, 4) is 0 Å². The molecule has 8 heteroatoms. The third-order valence-electron chi connectivity index (χ3n) is 4.86. The van der Waals surface area contributed by atoms with E-state index < -0.39 is 10.0 Å². The van der Waals surface area contributed by atoms with E-state index in [1.165, 1.54) is 28.6 Å². The topological polar surface area (TPSA) is 92.5 Å². The maximum absolute atomic E-state index is 12.7. The maximum Gasteiger partial charge on any atom is 0.251 e. The van der Waals surface area contributed by atoms with E-state index in [9.17, 15) is 13.2 Å². The number of nitrogens with zero attached hydrogens (tertiary/aromatic N) is 1. The Hall–Kier alpha value is -1.15. The van der Waals surface area contributed by atoms with Gasteiger partial charge in [-0.3, -0.25) is 4.79 Å². The molecule has 0 radical (unpaired) electrons. The van der Waals surface area contributed by atoms with E-state index in [0.29, 0.717) is 24.6 Å². The molecule has 1 heterocycles. The van der Waals surface area contributed by atoms with E-state index in [1.807, 2.05) is 0 Å². The van der Waals surface area contributed by atoms with E-state index >= 15 is 0 Å². The lowest BCUT2D eigenvalue weighted by molar-refractivity contribution is 0.0963. The number of amides is 1. The van der Waals surface area contributed by atoms with Gasteiger partial charge >= 0.3 is 0 Å². The summed E-state index contributed by atoms with van der Waals surface area (Å²) >= 11 is 0. The summed E-state index contributed by atoms with van der Waals surface area (Å²) in [5.41, 5.74) is 6.51. The summed E-state index contributed by atoms with van der Waals surface area (Å²) in [6.07, 6.45) is 2.00. The Morgan fingerprint density at radius 3 is 2.43 bits per heavy atom. The molecule has 1 amide bonds. The SMILES string of the molecule is CNC(=O)c1ccc(S(=O)(=O)N2CC3CCC(N)C3C2)cc1.Cl. The molecule has 0 spiro atoms. The van der Waals surface area contributed by atoms with Gasteiger partial charge in [0.05, 0.1) is 4.90 Å². The molecule has 2 fully saturated rings. The third-order valence-corrected chi connectivity index (χ3v) is 6.71. The van der Waals surface area contributed by atoms with Crippen molar-refractivity contribution in [3.05, 3.63) is 29.8 Å². The lowest BCUT2D eigenvalue weighted by atomic mass is 9.98. The Balaban J connectivity index is 0.00000192. The van der Waals surface area contributed by atoms with Crippen LogP contribution in [0.3, 0.4) is 0 Å². The molecule has 3 N–H and O–H groups in total. The average Bonchev–Trinajstić information content (AvgIpc) is 3.09. The standard InChI is InChI=1S/C15H21N3O3S.ClH/c1-17-15(19)10-2-5-12(6-3-10)22(20,21)18-8-11-4-7-14(16)13(11)9-18;/h2-3,5-6,11,13-14H,4,7-9,16H2,1H3,(H,17,19);1H. The number of sulfonamides is 1. The maximum atomic E-state index is 12.7. The van der Waals surface area contributed by atoms with Gasteiger partial charge in [-0.2, -0.15) is 4.31 Å². The number of carbonyl (C=O) groups excluding carboxylic acids is 1. The zero-order valence-electron chi connectivity index (χ0n) is 12.9. The van der Waals surface area contributed by atoms with Crippen molar-refractivity contribution >= 4 is 28.3 Å². The van der Waals surface area contributed by atoms with Crippen molar-refractivity contribution in [2.24, 2.45) is 17.6 Å². The average molecular weight is 360 g/mol. The van der Waals surface area contributed by atoms with E-state index in [1.54, 1.807) is 7.05 Å². The van der Waals surface area contributed by atoms with Crippen LogP contribution in [0.1, 0.15) is 23.2 Å². The van der Waals surface area contributed by atoms with Crippen LogP contribution < -0.4 is 11.1 Å². The molecular weight excluding hydrogens is 338 g/mol. The van der Waals surface area contributed by atoms with Crippen molar-refractivity contribution in [1.29, 1.82) is 0 Å². The van der Waals surface area contributed by atoms with Crippen LogP contribution in [0.15, 0.2) is 29.2 Å². The summed E-state index contributed by atoms with van der Waals surface area (Å²) in [4.78, 5) is 11.7. The Labute approximate surface area is 142 Å². The van der Waals surface area contributed by atoms with Gasteiger partial charge in [0.25, 0.3) is 5.91 Å². The Kier molecular flexibility index (Phi) is 5.35. The van der Waals surface area contributed by atoms with Gasteiger partial charge in [-0.1, -0.05) is 0 Å². The lowest BCUT2D eigenvalue weighted by Crippen LogP contribution is -2.33. The molecule has 0 bridgehead atoms. The highest BCUT2D eigenvalue weighted by atomic mass is 35.5. The van der Waals surface area contributed by atoms with Crippen molar-refractivity contribution in [1.82, 2.24) is 9.62 Å². The number of halogens is 1. The van der Waals surface area contributed by atoms with Crippen molar-refractivity contribution in [2.45, 2.75) is 23.8 Å². The van der Waals surface area contributed by atoms with Crippen LogP contribution in [0.25, 0.3) is 0 Å². The highest BCUT2D eigenvalue weighted by Crippen LogP contribution is 2.39. The zero-order chi connectivity index (χ0) is 15.9. The molecule has 128 valence electrons. The predicted molar refractivity (Wildman–Crippen MR) is 90.0 cm³/mol. The van der Waals surface area contributed by atoms with Crippen molar-refractivity contribution in [2.75, 3.05) is 20.1 Å². The first-order valence-electron chi connectivity index (χ1n) is 7.51. The van der Waals surface area contributed by atoms with Gasteiger partial charge in [0, 0.05) is 31.7 Å². The van der Waals surface area contributed by atoms with Gasteiger partial charge < -0.3 is 11.1 Å². The Bertz CT molecular complexity index is 678. The summed E-state index contributed by atoms with van der Waals surface area (Å²) in [6, 6.07) is 6.17. The second-order valence-electron chi connectivity index (χ2n) is 6.09. The molecule has 3 atom stereocenters. The number of hydrogen-bond acceptors (Lipinski definition) is 4. The minimum atomic E-state index is -3.51. The van der Waals surface area contributed by atoms with E-state index in [2.05, 4.69) is 5.32 Å². The van der Waals surface area contributed by atoms with Crippen molar-refractivity contribution < 1.29 is 13.2 Å². The van der Waals surface area contributed by atoms with Gasteiger partial charge in [-0.05, 0) is 48.9 Å². The van der Waals surface area contributed by atoms with E-state index in [-0.39, 0.29) is 35.2 Å². The van der Waals surface area contributed by atoms with Gasteiger partial charge in [0.2, 0.25) is 10.0 Å². The van der Waals surface area contributed by atoms with Crippen LogP contribution in [-0.2, 0) is 10.0 Å². The molecule has 2 aliphatic rings. The second-order valence-corrected chi connectivity index (χ2v) is 8.03. The predicted octanol–water partition coefficient (Wildman–Crippen LogP) is 0.826. The summed E-state index contributed by atoms with van der Waals surface area (Å²) in [7, 11) is -1.97. The minimum absolute atomic E-state index is 0. The minimum Gasteiger partial charge on any atom is -0.355 e. The van der Waals surface area contributed by atoms with E-state index in [4.69, 9.17) is 5.73 Å². The van der Waals surface area contributed by atoms with Crippen molar-refractivity contribution in [3.63, 3.8) is 0 Å².